The van der Waals surface area contributed by atoms with Gasteiger partial charge in [0.2, 0.25) is 5.89 Å². The fourth-order valence-electron chi connectivity index (χ4n) is 3.14. The zero-order chi connectivity index (χ0) is 21.3. The zero-order valence-electron chi connectivity index (χ0n) is 17.8. The summed E-state index contributed by atoms with van der Waals surface area (Å²) in [7, 11) is 0. The van der Waals surface area contributed by atoms with Crippen LogP contribution in [0.25, 0.3) is 0 Å². The Balaban J connectivity index is 1.72. The van der Waals surface area contributed by atoms with E-state index in [0.29, 0.717) is 24.7 Å². The maximum absolute atomic E-state index is 12.2. The molecule has 30 heavy (non-hydrogen) atoms. The Labute approximate surface area is 177 Å². The van der Waals surface area contributed by atoms with E-state index in [1.165, 1.54) is 17.4 Å². The highest BCUT2D eigenvalue weighted by Crippen LogP contribution is 2.17. The van der Waals surface area contributed by atoms with Gasteiger partial charge < -0.3 is 14.5 Å². The van der Waals surface area contributed by atoms with E-state index in [1.54, 1.807) is 0 Å². The number of amides is 1. The molecule has 0 unspecified atom stereocenters. The van der Waals surface area contributed by atoms with Gasteiger partial charge >= 0.3 is 0 Å². The third kappa shape index (κ3) is 6.46. The highest BCUT2D eigenvalue weighted by atomic mass is 16.5. The molecule has 1 N–H and O–H groups in total. The molecule has 0 aliphatic heterocycles. The van der Waals surface area contributed by atoms with Crippen LogP contribution in [-0.2, 0) is 19.6 Å². The van der Waals surface area contributed by atoms with Crippen LogP contribution in [0.15, 0.2) is 65.3 Å². The minimum Gasteiger partial charge on any atom is -0.494 e. The van der Waals surface area contributed by atoms with Gasteiger partial charge in [0, 0.05) is 19.1 Å². The number of aromatic nitrogens is 1. The first-order chi connectivity index (χ1) is 14.5. The van der Waals surface area contributed by atoms with Gasteiger partial charge in [0.15, 0.2) is 5.69 Å². The van der Waals surface area contributed by atoms with Crippen molar-refractivity contribution in [1.29, 1.82) is 0 Å². The van der Waals surface area contributed by atoms with Crippen molar-refractivity contribution in [2.45, 2.75) is 46.4 Å². The summed E-state index contributed by atoms with van der Waals surface area (Å²) in [4.78, 5) is 18.8. The number of hydrogen-bond donors (Lipinski definition) is 1. The summed E-state index contributed by atoms with van der Waals surface area (Å²) in [6, 6.07) is 18.4. The van der Waals surface area contributed by atoms with Crippen LogP contribution in [0.1, 0.15) is 48.3 Å². The molecule has 0 bridgehead atoms. The number of carbonyl (C=O) groups excluding carboxylic acids is 1. The molecule has 0 spiro atoms. The molecule has 0 saturated carbocycles. The van der Waals surface area contributed by atoms with E-state index in [-0.39, 0.29) is 11.9 Å². The Morgan fingerprint density at radius 3 is 2.33 bits per heavy atom. The van der Waals surface area contributed by atoms with Crippen LogP contribution in [0.5, 0.6) is 5.75 Å². The molecule has 1 amide bonds. The zero-order valence-corrected chi connectivity index (χ0v) is 17.8. The predicted octanol–water partition coefficient (Wildman–Crippen LogP) is 4.41. The van der Waals surface area contributed by atoms with Crippen molar-refractivity contribution in [2.75, 3.05) is 6.61 Å². The Morgan fingerprint density at radius 1 is 1.03 bits per heavy atom. The first kappa shape index (κ1) is 21.6. The van der Waals surface area contributed by atoms with E-state index in [1.807, 2.05) is 51.1 Å². The summed E-state index contributed by atoms with van der Waals surface area (Å²) < 4.78 is 11.1. The first-order valence-electron chi connectivity index (χ1n) is 10.3. The van der Waals surface area contributed by atoms with Crippen molar-refractivity contribution in [3.05, 3.63) is 83.6 Å². The standard InChI is InChI=1S/C24H29N3O3/c1-4-29-21-12-10-20(11-13-21)15-27(14-19-8-6-5-7-9-19)16-23-26-22(17-30-23)24(28)25-18(2)3/h5-13,17-18H,4,14-16H2,1-3H3,(H,25,28). The third-order valence-corrected chi connectivity index (χ3v) is 4.45. The number of carbonyl (C=O) groups is 1. The van der Waals surface area contributed by atoms with Gasteiger partial charge in [-0.05, 0) is 44.0 Å². The number of benzene rings is 2. The van der Waals surface area contributed by atoms with Crippen LogP contribution in [0.3, 0.4) is 0 Å². The van der Waals surface area contributed by atoms with Crippen molar-refractivity contribution >= 4 is 5.91 Å². The molecule has 0 saturated heterocycles. The molecule has 158 valence electrons. The first-order valence-corrected chi connectivity index (χ1v) is 10.3. The normalized spacial score (nSPS) is 11.1. The largest absolute Gasteiger partial charge is 0.494 e. The Hall–Kier alpha value is -3.12. The number of oxazole rings is 1. The Morgan fingerprint density at radius 2 is 1.70 bits per heavy atom. The number of ether oxygens (including phenoxy) is 1. The van der Waals surface area contributed by atoms with E-state index in [4.69, 9.17) is 9.15 Å². The molecule has 6 heteroatoms. The molecular formula is C24H29N3O3. The second-order valence-corrected chi connectivity index (χ2v) is 7.46. The van der Waals surface area contributed by atoms with Crippen molar-refractivity contribution in [3.63, 3.8) is 0 Å². The molecule has 0 atom stereocenters. The maximum atomic E-state index is 12.2. The van der Waals surface area contributed by atoms with E-state index in [0.717, 1.165) is 18.8 Å². The molecule has 3 aromatic rings. The molecule has 1 heterocycles. The summed E-state index contributed by atoms with van der Waals surface area (Å²) >= 11 is 0. The molecule has 2 aromatic carbocycles. The lowest BCUT2D eigenvalue weighted by Gasteiger charge is -2.21. The molecular weight excluding hydrogens is 378 g/mol. The van der Waals surface area contributed by atoms with Crippen molar-refractivity contribution in [1.82, 2.24) is 15.2 Å². The minimum atomic E-state index is -0.221. The number of hydrogen-bond acceptors (Lipinski definition) is 5. The number of rotatable bonds is 10. The van der Waals surface area contributed by atoms with Gasteiger partial charge in [-0.25, -0.2) is 4.98 Å². The summed E-state index contributed by atoms with van der Waals surface area (Å²) in [5.74, 6) is 1.16. The molecule has 0 aliphatic rings. The van der Waals surface area contributed by atoms with Gasteiger partial charge in [-0.1, -0.05) is 42.5 Å². The van der Waals surface area contributed by atoms with Crippen molar-refractivity contribution < 1.29 is 13.9 Å². The van der Waals surface area contributed by atoms with Gasteiger partial charge in [-0.2, -0.15) is 0 Å². The van der Waals surface area contributed by atoms with Gasteiger partial charge in [-0.3, -0.25) is 9.69 Å². The molecule has 0 fully saturated rings. The van der Waals surface area contributed by atoms with Crippen LogP contribution >= 0.6 is 0 Å². The summed E-state index contributed by atoms with van der Waals surface area (Å²) in [5.41, 5.74) is 2.67. The molecule has 1 aromatic heterocycles. The fraction of sp³-hybridized carbons (Fsp3) is 0.333. The van der Waals surface area contributed by atoms with E-state index in [9.17, 15) is 4.79 Å². The van der Waals surface area contributed by atoms with Gasteiger partial charge in [0.1, 0.15) is 12.0 Å². The monoisotopic (exact) mass is 407 g/mol. The lowest BCUT2D eigenvalue weighted by atomic mass is 10.1. The molecule has 6 nitrogen and oxygen atoms in total. The van der Waals surface area contributed by atoms with Crippen LogP contribution in [0.4, 0.5) is 0 Å². The second-order valence-electron chi connectivity index (χ2n) is 7.46. The highest BCUT2D eigenvalue weighted by Gasteiger charge is 2.16. The smallest absolute Gasteiger partial charge is 0.273 e. The van der Waals surface area contributed by atoms with E-state index in [2.05, 4.69) is 39.5 Å². The highest BCUT2D eigenvalue weighted by molar-refractivity contribution is 5.92. The summed E-state index contributed by atoms with van der Waals surface area (Å²) in [5, 5.41) is 2.83. The average Bonchev–Trinajstić information content (AvgIpc) is 3.19. The van der Waals surface area contributed by atoms with Gasteiger partial charge in [0.25, 0.3) is 5.91 Å². The van der Waals surface area contributed by atoms with Gasteiger partial charge in [0.05, 0.1) is 13.2 Å². The minimum absolute atomic E-state index is 0.0480. The van der Waals surface area contributed by atoms with Crippen molar-refractivity contribution in [2.24, 2.45) is 0 Å². The maximum Gasteiger partial charge on any atom is 0.273 e. The fourth-order valence-corrected chi connectivity index (χ4v) is 3.14. The molecule has 0 aliphatic carbocycles. The lowest BCUT2D eigenvalue weighted by Crippen LogP contribution is -2.30. The summed E-state index contributed by atoms with van der Waals surface area (Å²) in [6.07, 6.45) is 1.42. The van der Waals surface area contributed by atoms with Crippen LogP contribution < -0.4 is 10.1 Å². The topological polar surface area (TPSA) is 67.6 Å². The third-order valence-electron chi connectivity index (χ3n) is 4.45. The quantitative estimate of drug-likeness (QED) is 0.539. The predicted molar refractivity (Wildman–Crippen MR) is 116 cm³/mol. The van der Waals surface area contributed by atoms with Gasteiger partial charge in [-0.15, -0.1) is 0 Å². The van der Waals surface area contributed by atoms with E-state index < -0.39 is 0 Å². The Bertz CT molecular complexity index is 920. The second kappa shape index (κ2) is 10.6. The van der Waals surface area contributed by atoms with Crippen LogP contribution in [0.2, 0.25) is 0 Å². The molecule has 3 rings (SSSR count). The average molecular weight is 408 g/mol. The SMILES string of the molecule is CCOc1ccc(CN(Cc2ccccc2)Cc2nc(C(=O)NC(C)C)co2)cc1. The lowest BCUT2D eigenvalue weighted by molar-refractivity contribution is 0.0938. The van der Waals surface area contributed by atoms with Crippen LogP contribution in [0, 0.1) is 0 Å². The number of nitrogens with one attached hydrogen (secondary N) is 1. The van der Waals surface area contributed by atoms with Crippen LogP contribution in [-0.4, -0.2) is 28.4 Å². The summed E-state index contributed by atoms with van der Waals surface area (Å²) in [6.45, 7) is 8.41. The number of nitrogens with zero attached hydrogens (tertiary/aromatic N) is 2. The van der Waals surface area contributed by atoms with E-state index >= 15 is 0 Å². The molecule has 0 radical (unpaired) electrons. The van der Waals surface area contributed by atoms with Crippen molar-refractivity contribution in [3.8, 4) is 5.75 Å². The Kier molecular flexibility index (Phi) is 7.63.